The van der Waals surface area contributed by atoms with Crippen LogP contribution in [0.25, 0.3) is 0 Å². The molecule has 94 valence electrons. The smallest absolute Gasteiger partial charge is 0.140 e. The lowest BCUT2D eigenvalue weighted by molar-refractivity contribution is 0.0166. The summed E-state index contributed by atoms with van der Waals surface area (Å²) < 4.78 is 0.986. The highest BCUT2D eigenvalue weighted by atomic mass is 79.9. The monoisotopic (exact) mass is 298 g/mol. The number of nitrogens with zero attached hydrogens (tertiary/aromatic N) is 1. The van der Waals surface area contributed by atoms with Gasteiger partial charge in [-0.15, -0.1) is 0 Å². The van der Waals surface area contributed by atoms with E-state index in [1.807, 2.05) is 13.0 Å². The number of pyridine rings is 1. The zero-order valence-electron chi connectivity index (χ0n) is 10.2. The summed E-state index contributed by atoms with van der Waals surface area (Å²) in [6, 6.07) is 1.96. The van der Waals surface area contributed by atoms with Gasteiger partial charge in [0.05, 0.1) is 10.1 Å². The molecule has 17 heavy (non-hydrogen) atoms. The Labute approximate surface area is 111 Å². The highest BCUT2D eigenvalue weighted by molar-refractivity contribution is 9.10. The van der Waals surface area contributed by atoms with Gasteiger partial charge < -0.3 is 10.4 Å². The third-order valence-electron chi connectivity index (χ3n) is 3.45. The number of rotatable bonds is 3. The van der Waals surface area contributed by atoms with Crippen LogP contribution in [0.15, 0.2) is 16.7 Å². The summed E-state index contributed by atoms with van der Waals surface area (Å²) in [4.78, 5) is 4.29. The SMILES string of the molecule is Cc1ccnc(NCC2(O)CCCCC2)c1Br. The minimum atomic E-state index is -0.552. The molecule has 0 saturated heterocycles. The van der Waals surface area contributed by atoms with E-state index in [1.165, 1.54) is 6.42 Å². The first-order valence-electron chi connectivity index (χ1n) is 6.18. The van der Waals surface area contributed by atoms with Gasteiger partial charge in [0.2, 0.25) is 0 Å². The van der Waals surface area contributed by atoms with E-state index in [4.69, 9.17) is 0 Å². The molecule has 0 unspecified atom stereocenters. The molecule has 0 amide bonds. The number of aromatic nitrogens is 1. The fourth-order valence-corrected chi connectivity index (χ4v) is 2.67. The quantitative estimate of drug-likeness (QED) is 0.900. The first kappa shape index (κ1) is 12.8. The number of anilines is 1. The first-order valence-corrected chi connectivity index (χ1v) is 6.97. The van der Waals surface area contributed by atoms with Crippen LogP contribution in [0, 0.1) is 6.92 Å². The summed E-state index contributed by atoms with van der Waals surface area (Å²) in [7, 11) is 0. The maximum absolute atomic E-state index is 10.4. The van der Waals surface area contributed by atoms with Crippen molar-refractivity contribution in [1.82, 2.24) is 4.98 Å². The van der Waals surface area contributed by atoms with E-state index < -0.39 is 5.60 Å². The fourth-order valence-electron chi connectivity index (χ4n) is 2.30. The molecule has 1 aromatic rings. The zero-order valence-corrected chi connectivity index (χ0v) is 11.8. The highest BCUT2D eigenvalue weighted by Gasteiger charge is 2.29. The molecule has 0 spiro atoms. The van der Waals surface area contributed by atoms with E-state index in [0.29, 0.717) is 6.54 Å². The lowest BCUT2D eigenvalue weighted by Crippen LogP contribution is -2.39. The number of aliphatic hydroxyl groups is 1. The largest absolute Gasteiger partial charge is 0.388 e. The molecule has 0 aromatic carbocycles. The standard InChI is InChI=1S/C13H19BrN2O/c1-10-5-8-15-12(11(10)14)16-9-13(17)6-3-2-4-7-13/h5,8,17H,2-4,6-7,9H2,1H3,(H,15,16). The van der Waals surface area contributed by atoms with Gasteiger partial charge in [0.15, 0.2) is 0 Å². The maximum atomic E-state index is 10.4. The Hall–Kier alpha value is -0.610. The van der Waals surface area contributed by atoms with Gasteiger partial charge in [-0.1, -0.05) is 19.3 Å². The van der Waals surface area contributed by atoms with Crippen molar-refractivity contribution in [2.45, 2.75) is 44.6 Å². The molecule has 2 rings (SSSR count). The van der Waals surface area contributed by atoms with Gasteiger partial charge in [0.25, 0.3) is 0 Å². The summed E-state index contributed by atoms with van der Waals surface area (Å²) in [6.45, 7) is 2.62. The molecule has 1 aliphatic carbocycles. The second-order valence-electron chi connectivity index (χ2n) is 4.93. The van der Waals surface area contributed by atoms with Gasteiger partial charge in [-0.2, -0.15) is 0 Å². The Bertz CT molecular complexity index is 389. The molecule has 1 fully saturated rings. The van der Waals surface area contributed by atoms with Crippen molar-refractivity contribution in [2.24, 2.45) is 0 Å². The first-order chi connectivity index (χ1) is 8.11. The summed E-state index contributed by atoms with van der Waals surface area (Å²) in [5.74, 6) is 0.823. The molecular formula is C13H19BrN2O. The molecule has 1 heterocycles. The van der Waals surface area contributed by atoms with Crippen LogP contribution in [-0.2, 0) is 0 Å². The topological polar surface area (TPSA) is 45.2 Å². The number of aryl methyl sites for hydroxylation is 1. The average Bonchev–Trinajstić information content (AvgIpc) is 2.32. The van der Waals surface area contributed by atoms with Crippen molar-refractivity contribution in [3.8, 4) is 0 Å². The van der Waals surface area contributed by atoms with Crippen LogP contribution in [0.4, 0.5) is 5.82 Å². The second-order valence-corrected chi connectivity index (χ2v) is 5.72. The maximum Gasteiger partial charge on any atom is 0.140 e. The zero-order chi connectivity index (χ0) is 12.3. The van der Waals surface area contributed by atoms with Crippen LogP contribution >= 0.6 is 15.9 Å². The molecule has 0 bridgehead atoms. The van der Waals surface area contributed by atoms with E-state index in [9.17, 15) is 5.11 Å². The number of nitrogens with one attached hydrogen (secondary N) is 1. The molecule has 1 aliphatic rings. The summed E-state index contributed by atoms with van der Waals surface area (Å²) in [5, 5.41) is 13.6. The Kier molecular flexibility index (Phi) is 4.05. The van der Waals surface area contributed by atoms with Crippen LogP contribution < -0.4 is 5.32 Å². The Morgan fingerprint density at radius 1 is 1.41 bits per heavy atom. The predicted octanol–water partition coefficient (Wildman–Crippen LogP) is 3.26. The van der Waals surface area contributed by atoms with Gasteiger partial charge in [0.1, 0.15) is 5.82 Å². The number of hydrogen-bond acceptors (Lipinski definition) is 3. The van der Waals surface area contributed by atoms with Crippen molar-refractivity contribution < 1.29 is 5.11 Å². The molecule has 3 nitrogen and oxygen atoms in total. The van der Waals surface area contributed by atoms with Gasteiger partial charge >= 0.3 is 0 Å². The minimum absolute atomic E-state index is 0.552. The van der Waals surface area contributed by atoms with E-state index in [0.717, 1.165) is 41.5 Å². The molecular weight excluding hydrogens is 280 g/mol. The van der Waals surface area contributed by atoms with Gasteiger partial charge in [-0.25, -0.2) is 4.98 Å². The van der Waals surface area contributed by atoms with Gasteiger partial charge in [0, 0.05) is 12.7 Å². The van der Waals surface area contributed by atoms with E-state index in [2.05, 4.69) is 26.2 Å². The normalized spacial score (nSPS) is 19.0. The molecule has 1 saturated carbocycles. The molecule has 4 heteroatoms. The van der Waals surface area contributed by atoms with Crippen molar-refractivity contribution in [3.05, 3.63) is 22.3 Å². The van der Waals surface area contributed by atoms with Crippen LogP contribution in [0.3, 0.4) is 0 Å². The van der Waals surface area contributed by atoms with Crippen molar-refractivity contribution in [1.29, 1.82) is 0 Å². The molecule has 1 aromatic heterocycles. The fraction of sp³-hybridized carbons (Fsp3) is 0.615. The third-order valence-corrected chi connectivity index (χ3v) is 4.45. The van der Waals surface area contributed by atoms with Crippen LogP contribution in [0.2, 0.25) is 0 Å². The molecule has 0 aliphatic heterocycles. The van der Waals surface area contributed by atoms with E-state index >= 15 is 0 Å². The van der Waals surface area contributed by atoms with Crippen molar-refractivity contribution >= 4 is 21.7 Å². The molecule has 0 atom stereocenters. The summed E-state index contributed by atoms with van der Waals surface area (Å²) >= 11 is 3.52. The Balaban J connectivity index is 1.99. The van der Waals surface area contributed by atoms with Crippen molar-refractivity contribution in [2.75, 3.05) is 11.9 Å². The lowest BCUT2D eigenvalue weighted by atomic mass is 9.85. The highest BCUT2D eigenvalue weighted by Crippen LogP contribution is 2.29. The minimum Gasteiger partial charge on any atom is -0.388 e. The lowest BCUT2D eigenvalue weighted by Gasteiger charge is -2.32. The second kappa shape index (κ2) is 5.36. The Morgan fingerprint density at radius 2 is 2.12 bits per heavy atom. The van der Waals surface area contributed by atoms with Crippen LogP contribution in [-0.4, -0.2) is 22.2 Å². The van der Waals surface area contributed by atoms with E-state index in [1.54, 1.807) is 6.20 Å². The molecule has 2 N–H and O–H groups in total. The van der Waals surface area contributed by atoms with Crippen LogP contribution in [0.1, 0.15) is 37.7 Å². The van der Waals surface area contributed by atoms with E-state index in [-0.39, 0.29) is 0 Å². The van der Waals surface area contributed by atoms with Crippen LogP contribution in [0.5, 0.6) is 0 Å². The van der Waals surface area contributed by atoms with Gasteiger partial charge in [-0.3, -0.25) is 0 Å². The summed E-state index contributed by atoms with van der Waals surface area (Å²) in [6.07, 6.45) is 7.07. The molecule has 0 radical (unpaired) electrons. The average molecular weight is 299 g/mol. The van der Waals surface area contributed by atoms with Gasteiger partial charge in [-0.05, 0) is 47.3 Å². The third kappa shape index (κ3) is 3.19. The number of halogens is 1. The number of hydrogen-bond donors (Lipinski definition) is 2. The Morgan fingerprint density at radius 3 is 2.82 bits per heavy atom. The predicted molar refractivity (Wildman–Crippen MR) is 73.2 cm³/mol. The van der Waals surface area contributed by atoms with Crippen molar-refractivity contribution in [3.63, 3.8) is 0 Å². The summed E-state index contributed by atoms with van der Waals surface area (Å²) in [5.41, 5.74) is 0.599.